The lowest BCUT2D eigenvalue weighted by atomic mass is 9.90. The molecule has 1 aromatic rings. The minimum Gasteiger partial charge on any atom is -0.396 e. The minimum absolute atomic E-state index is 0.0173. The van der Waals surface area contributed by atoms with Gasteiger partial charge in [-0.3, -0.25) is 0 Å². The van der Waals surface area contributed by atoms with Gasteiger partial charge in [-0.1, -0.05) is 13.8 Å². The van der Waals surface area contributed by atoms with Crippen molar-refractivity contribution in [1.29, 1.82) is 0 Å². The van der Waals surface area contributed by atoms with E-state index in [-0.39, 0.29) is 12.0 Å². The van der Waals surface area contributed by atoms with Crippen LogP contribution < -0.4 is 15.5 Å². The van der Waals surface area contributed by atoms with E-state index in [4.69, 9.17) is 5.11 Å². The fraction of sp³-hybridized carbons (Fsp3) is 0.786. The van der Waals surface area contributed by atoms with Crippen molar-refractivity contribution in [2.24, 2.45) is 5.41 Å². The van der Waals surface area contributed by atoms with Gasteiger partial charge in [-0.2, -0.15) is 15.0 Å². The Bertz CT molecular complexity index is 433. The van der Waals surface area contributed by atoms with E-state index in [1.807, 2.05) is 0 Å². The molecular formula is C14H28N6O. The fourth-order valence-electron chi connectivity index (χ4n) is 1.91. The van der Waals surface area contributed by atoms with Gasteiger partial charge in [0.2, 0.25) is 17.8 Å². The summed E-state index contributed by atoms with van der Waals surface area (Å²) in [6.07, 6.45) is 0.729. The van der Waals surface area contributed by atoms with Gasteiger partial charge < -0.3 is 20.6 Å². The van der Waals surface area contributed by atoms with E-state index in [1.165, 1.54) is 0 Å². The van der Waals surface area contributed by atoms with Crippen LogP contribution in [0.25, 0.3) is 0 Å². The number of aromatic nitrogens is 3. The summed E-state index contributed by atoms with van der Waals surface area (Å²) in [6.45, 7) is 10.9. The Morgan fingerprint density at radius 1 is 1.10 bits per heavy atom. The van der Waals surface area contributed by atoms with Gasteiger partial charge in [0, 0.05) is 33.3 Å². The van der Waals surface area contributed by atoms with Crippen molar-refractivity contribution < 1.29 is 5.11 Å². The van der Waals surface area contributed by atoms with E-state index in [2.05, 4.69) is 58.2 Å². The second-order valence-corrected chi connectivity index (χ2v) is 5.70. The first kappa shape index (κ1) is 17.4. The van der Waals surface area contributed by atoms with E-state index >= 15 is 0 Å². The molecule has 0 aliphatic rings. The van der Waals surface area contributed by atoms with Gasteiger partial charge in [-0.05, 0) is 25.7 Å². The largest absolute Gasteiger partial charge is 0.396 e. The van der Waals surface area contributed by atoms with Crippen LogP contribution in [-0.4, -0.2) is 53.3 Å². The highest BCUT2D eigenvalue weighted by Gasteiger charge is 2.18. The molecule has 0 atom stereocenters. The lowest BCUT2D eigenvalue weighted by Gasteiger charge is -2.24. The summed E-state index contributed by atoms with van der Waals surface area (Å²) >= 11 is 0. The zero-order chi connectivity index (χ0) is 15.9. The fourth-order valence-corrected chi connectivity index (χ4v) is 1.91. The van der Waals surface area contributed by atoms with Crippen molar-refractivity contribution in [2.75, 3.05) is 48.8 Å². The van der Waals surface area contributed by atoms with Crippen molar-refractivity contribution in [2.45, 2.75) is 34.1 Å². The maximum atomic E-state index is 9.08. The lowest BCUT2D eigenvalue weighted by Crippen LogP contribution is -2.27. The lowest BCUT2D eigenvalue weighted by molar-refractivity contribution is 0.220. The Labute approximate surface area is 127 Å². The molecule has 0 fully saturated rings. The number of nitrogens with one attached hydrogen (secondary N) is 2. The van der Waals surface area contributed by atoms with Crippen LogP contribution in [0.2, 0.25) is 0 Å². The summed E-state index contributed by atoms with van der Waals surface area (Å²) in [7, 11) is 1.79. The second-order valence-electron chi connectivity index (χ2n) is 5.70. The molecule has 0 saturated carbocycles. The van der Waals surface area contributed by atoms with E-state index in [0.717, 1.165) is 19.5 Å². The van der Waals surface area contributed by atoms with Crippen LogP contribution in [0.4, 0.5) is 17.8 Å². The maximum Gasteiger partial charge on any atom is 0.231 e. The molecule has 3 N–H and O–H groups in total. The van der Waals surface area contributed by atoms with Gasteiger partial charge in [-0.25, -0.2) is 0 Å². The number of hydrogen-bond acceptors (Lipinski definition) is 7. The first-order valence-electron chi connectivity index (χ1n) is 7.49. The Balaban J connectivity index is 2.89. The highest BCUT2D eigenvalue weighted by atomic mass is 16.3. The van der Waals surface area contributed by atoms with Crippen LogP contribution >= 0.6 is 0 Å². The molecule has 1 rings (SSSR count). The summed E-state index contributed by atoms with van der Waals surface area (Å²) in [5.41, 5.74) is -0.0173. The van der Waals surface area contributed by atoms with Crippen LogP contribution in [-0.2, 0) is 0 Å². The average molecular weight is 296 g/mol. The molecule has 0 saturated heterocycles. The average Bonchev–Trinajstić information content (AvgIpc) is 2.46. The van der Waals surface area contributed by atoms with Gasteiger partial charge in [-0.15, -0.1) is 0 Å². The molecule has 7 heteroatoms. The molecule has 0 aromatic carbocycles. The first-order chi connectivity index (χ1) is 9.95. The third-order valence-corrected chi connectivity index (χ3v) is 3.41. The molecule has 0 unspecified atom stereocenters. The van der Waals surface area contributed by atoms with E-state index < -0.39 is 0 Å². The summed E-state index contributed by atoms with van der Waals surface area (Å²) in [4.78, 5) is 15.3. The minimum atomic E-state index is -0.0173. The van der Waals surface area contributed by atoms with Gasteiger partial charge in [0.05, 0.1) is 0 Å². The van der Waals surface area contributed by atoms with Crippen molar-refractivity contribution in [1.82, 2.24) is 15.0 Å². The molecule has 0 spiro atoms. The van der Waals surface area contributed by atoms with Crippen molar-refractivity contribution in [3.05, 3.63) is 0 Å². The van der Waals surface area contributed by atoms with Gasteiger partial charge in [0.25, 0.3) is 0 Å². The van der Waals surface area contributed by atoms with Crippen LogP contribution in [0, 0.1) is 5.41 Å². The van der Waals surface area contributed by atoms with Crippen LogP contribution in [0.1, 0.15) is 34.1 Å². The predicted molar refractivity (Wildman–Crippen MR) is 86.9 cm³/mol. The molecule has 0 amide bonds. The number of rotatable bonds is 9. The van der Waals surface area contributed by atoms with E-state index in [9.17, 15) is 0 Å². The topological polar surface area (TPSA) is 86.2 Å². The third-order valence-electron chi connectivity index (χ3n) is 3.41. The van der Waals surface area contributed by atoms with Gasteiger partial charge in [0.15, 0.2) is 0 Å². The summed E-state index contributed by atoms with van der Waals surface area (Å²) < 4.78 is 0. The number of nitrogens with zero attached hydrogens (tertiary/aromatic N) is 4. The van der Waals surface area contributed by atoms with Crippen molar-refractivity contribution >= 4 is 17.8 Å². The maximum absolute atomic E-state index is 9.08. The molecule has 0 aliphatic heterocycles. The quantitative estimate of drug-likeness (QED) is 0.638. The SMILES string of the molecule is CCN(CC)c1nc(NC)nc(NCC(C)(C)CCO)n1. The normalized spacial score (nSPS) is 11.3. The Morgan fingerprint density at radius 2 is 1.71 bits per heavy atom. The molecule has 7 nitrogen and oxygen atoms in total. The Morgan fingerprint density at radius 3 is 2.24 bits per heavy atom. The molecule has 1 heterocycles. The van der Waals surface area contributed by atoms with E-state index in [1.54, 1.807) is 7.05 Å². The van der Waals surface area contributed by atoms with Crippen LogP contribution in [0.3, 0.4) is 0 Å². The second kappa shape index (κ2) is 7.97. The number of hydrogen-bond donors (Lipinski definition) is 3. The predicted octanol–water partition coefficient (Wildman–Crippen LogP) is 1.58. The molecule has 0 radical (unpaired) electrons. The van der Waals surface area contributed by atoms with Gasteiger partial charge in [0.1, 0.15) is 0 Å². The number of aliphatic hydroxyl groups is 1. The molecular weight excluding hydrogens is 268 g/mol. The molecule has 0 aliphatic carbocycles. The highest BCUT2D eigenvalue weighted by Crippen LogP contribution is 2.20. The Hall–Kier alpha value is -1.63. The molecule has 21 heavy (non-hydrogen) atoms. The number of anilines is 3. The molecule has 0 bridgehead atoms. The summed E-state index contributed by atoms with van der Waals surface area (Å²) in [5.74, 6) is 1.78. The highest BCUT2D eigenvalue weighted by molar-refractivity contribution is 5.43. The summed E-state index contributed by atoms with van der Waals surface area (Å²) in [6, 6.07) is 0. The standard InChI is InChI=1S/C14H28N6O/c1-6-20(7-2)13-18-11(15-5)17-12(19-13)16-10-14(3,4)8-9-21/h21H,6-10H2,1-5H3,(H2,15,16,17,18,19). The zero-order valence-electron chi connectivity index (χ0n) is 13.8. The number of aliphatic hydroxyl groups excluding tert-OH is 1. The monoisotopic (exact) mass is 296 g/mol. The molecule has 1 aromatic heterocycles. The smallest absolute Gasteiger partial charge is 0.231 e. The molecule has 120 valence electrons. The van der Waals surface area contributed by atoms with Crippen molar-refractivity contribution in [3.63, 3.8) is 0 Å². The first-order valence-corrected chi connectivity index (χ1v) is 7.49. The zero-order valence-corrected chi connectivity index (χ0v) is 13.8. The summed E-state index contributed by atoms with van der Waals surface area (Å²) in [5, 5.41) is 15.3. The van der Waals surface area contributed by atoms with Crippen LogP contribution in [0.15, 0.2) is 0 Å². The Kier molecular flexibility index (Phi) is 6.61. The third kappa shape index (κ3) is 5.34. The van der Waals surface area contributed by atoms with Crippen LogP contribution in [0.5, 0.6) is 0 Å². The van der Waals surface area contributed by atoms with Gasteiger partial charge >= 0.3 is 0 Å². The van der Waals surface area contributed by atoms with E-state index in [0.29, 0.717) is 24.4 Å². The van der Waals surface area contributed by atoms with Crippen molar-refractivity contribution in [3.8, 4) is 0 Å².